The van der Waals surface area contributed by atoms with Gasteiger partial charge in [0.2, 0.25) is 5.89 Å². The molecule has 0 radical (unpaired) electrons. The third kappa shape index (κ3) is 2.82. The van der Waals surface area contributed by atoms with Crippen LogP contribution in [0, 0.1) is 5.92 Å². The molecule has 0 spiro atoms. The van der Waals surface area contributed by atoms with Crippen molar-refractivity contribution in [2.45, 2.75) is 63.5 Å². The molecule has 0 amide bonds. The summed E-state index contributed by atoms with van der Waals surface area (Å²) in [5, 5.41) is 4.07. The van der Waals surface area contributed by atoms with Crippen LogP contribution in [-0.4, -0.2) is 22.9 Å². The van der Waals surface area contributed by atoms with Gasteiger partial charge in [0.15, 0.2) is 5.82 Å². The zero-order valence-electron chi connectivity index (χ0n) is 11.6. The highest BCUT2D eigenvalue weighted by Gasteiger charge is 2.37. The van der Waals surface area contributed by atoms with Gasteiger partial charge >= 0.3 is 0 Å². The second kappa shape index (κ2) is 5.21. The molecule has 1 unspecified atom stereocenters. The second-order valence-electron chi connectivity index (χ2n) is 6.19. The Hall–Kier alpha value is -0.940. The number of ether oxygens (including phenoxy) is 1. The first-order valence-corrected chi connectivity index (χ1v) is 7.39. The monoisotopic (exact) mass is 265 g/mol. The predicted molar refractivity (Wildman–Crippen MR) is 70.5 cm³/mol. The number of hydrogen-bond acceptors (Lipinski definition) is 5. The highest BCUT2D eigenvalue weighted by molar-refractivity contribution is 5.04. The lowest BCUT2D eigenvalue weighted by Gasteiger charge is -2.32. The minimum atomic E-state index is -0.408. The van der Waals surface area contributed by atoms with Crippen LogP contribution in [-0.2, 0) is 16.7 Å². The molecule has 106 valence electrons. The number of aromatic nitrogens is 2. The molecule has 1 saturated heterocycles. The largest absolute Gasteiger partial charge is 0.378 e. The van der Waals surface area contributed by atoms with Crippen molar-refractivity contribution < 1.29 is 9.26 Å². The average Bonchev–Trinajstić information content (AvgIpc) is 3.05. The van der Waals surface area contributed by atoms with E-state index in [4.69, 9.17) is 15.0 Å². The lowest BCUT2D eigenvalue weighted by atomic mass is 9.78. The fourth-order valence-corrected chi connectivity index (χ4v) is 3.04. The van der Waals surface area contributed by atoms with Crippen molar-refractivity contribution in [2.24, 2.45) is 11.7 Å². The van der Waals surface area contributed by atoms with E-state index in [1.807, 2.05) is 0 Å². The maximum atomic E-state index is 6.44. The summed E-state index contributed by atoms with van der Waals surface area (Å²) in [5.74, 6) is 2.11. The van der Waals surface area contributed by atoms with Crippen molar-refractivity contribution >= 4 is 0 Å². The maximum absolute atomic E-state index is 6.44. The zero-order chi connectivity index (χ0) is 13.3. The number of hydrogen-bond donors (Lipinski definition) is 1. The van der Waals surface area contributed by atoms with Crippen molar-refractivity contribution in [1.82, 2.24) is 10.1 Å². The second-order valence-corrected chi connectivity index (χ2v) is 6.19. The summed E-state index contributed by atoms with van der Waals surface area (Å²) >= 11 is 0. The van der Waals surface area contributed by atoms with Gasteiger partial charge in [0, 0.05) is 13.0 Å². The fraction of sp³-hybridized carbons (Fsp3) is 0.857. The summed E-state index contributed by atoms with van der Waals surface area (Å²) in [7, 11) is 0. The summed E-state index contributed by atoms with van der Waals surface area (Å²) < 4.78 is 11.0. The van der Waals surface area contributed by atoms with Crippen LogP contribution in [0.25, 0.3) is 0 Å². The highest BCUT2D eigenvalue weighted by atomic mass is 16.5. The molecule has 1 aromatic heterocycles. The van der Waals surface area contributed by atoms with E-state index >= 15 is 0 Å². The van der Waals surface area contributed by atoms with Crippen LogP contribution >= 0.6 is 0 Å². The fourth-order valence-electron chi connectivity index (χ4n) is 3.04. The van der Waals surface area contributed by atoms with Crippen molar-refractivity contribution in [3.63, 3.8) is 0 Å². The Morgan fingerprint density at radius 1 is 1.32 bits per heavy atom. The van der Waals surface area contributed by atoms with Gasteiger partial charge in [0.05, 0.1) is 11.6 Å². The van der Waals surface area contributed by atoms with Crippen LogP contribution in [0.4, 0.5) is 0 Å². The van der Waals surface area contributed by atoms with Crippen LogP contribution < -0.4 is 5.73 Å². The van der Waals surface area contributed by atoms with E-state index in [1.54, 1.807) is 0 Å². The van der Waals surface area contributed by atoms with Gasteiger partial charge in [-0.15, -0.1) is 0 Å². The first-order valence-electron chi connectivity index (χ1n) is 7.39. The van der Waals surface area contributed by atoms with E-state index in [1.165, 1.54) is 0 Å². The van der Waals surface area contributed by atoms with E-state index in [0.29, 0.717) is 5.89 Å². The smallest absolute Gasteiger partial charge is 0.246 e. The maximum Gasteiger partial charge on any atom is 0.246 e. The van der Waals surface area contributed by atoms with Crippen LogP contribution in [0.15, 0.2) is 4.52 Å². The molecule has 1 aliphatic carbocycles. The SMILES string of the molecule is CC1CCC(N)(c2nc(CC3CCCO3)no2)CC1. The van der Waals surface area contributed by atoms with Crippen LogP contribution in [0.1, 0.15) is 57.2 Å². The van der Waals surface area contributed by atoms with Gasteiger partial charge in [-0.05, 0) is 44.4 Å². The Kier molecular flexibility index (Phi) is 3.58. The number of nitrogens with two attached hydrogens (primary N) is 1. The Balaban J connectivity index is 1.66. The molecule has 2 aliphatic rings. The summed E-state index contributed by atoms with van der Waals surface area (Å²) in [4.78, 5) is 4.51. The van der Waals surface area contributed by atoms with Gasteiger partial charge in [-0.1, -0.05) is 12.1 Å². The van der Waals surface area contributed by atoms with Crippen LogP contribution in [0.5, 0.6) is 0 Å². The normalized spacial score (nSPS) is 35.7. The zero-order valence-corrected chi connectivity index (χ0v) is 11.6. The Morgan fingerprint density at radius 2 is 2.11 bits per heavy atom. The predicted octanol–water partition coefficient (Wildman–Crippen LogP) is 2.16. The third-order valence-corrected chi connectivity index (χ3v) is 4.49. The summed E-state index contributed by atoms with van der Waals surface area (Å²) in [5.41, 5.74) is 6.03. The third-order valence-electron chi connectivity index (χ3n) is 4.49. The molecule has 3 rings (SSSR count). The molecular formula is C14H23N3O2. The van der Waals surface area contributed by atoms with Crippen molar-refractivity contribution in [2.75, 3.05) is 6.61 Å². The standard InChI is InChI=1S/C14H23N3O2/c1-10-4-6-14(15,7-5-10)13-16-12(17-19-13)9-11-3-2-8-18-11/h10-11H,2-9,15H2,1H3. The lowest BCUT2D eigenvalue weighted by molar-refractivity contribution is 0.109. The molecule has 5 nitrogen and oxygen atoms in total. The van der Waals surface area contributed by atoms with E-state index < -0.39 is 5.54 Å². The van der Waals surface area contributed by atoms with Crippen LogP contribution in [0.2, 0.25) is 0 Å². The Labute approximate surface area is 113 Å². The molecule has 2 fully saturated rings. The highest BCUT2D eigenvalue weighted by Crippen LogP contribution is 2.36. The minimum Gasteiger partial charge on any atom is -0.378 e. The topological polar surface area (TPSA) is 74.2 Å². The molecule has 1 aliphatic heterocycles. The molecule has 1 atom stereocenters. The van der Waals surface area contributed by atoms with Crippen LogP contribution in [0.3, 0.4) is 0 Å². The molecule has 19 heavy (non-hydrogen) atoms. The Morgan fingerprint density at radius 3 is 2.79 bits per heavy atom. The number of rotatable bonds is 3. The van der Waals surface area contributed by atoms with Gasteiger partial charge in [0.1, 0.15) is 0 Å². The van der Waals surface area contributed by atoms with E-state index in [2.05, 4.69) is 17.1 Å². The molecule has 1 saturated carbocycles. The van der Waals surface area contributed by atoms with Gasteiger partial charge in [0.25, 0.3) is 0 Å². The molecular weight excluding hydrogens is 242 g/mol. The minimum absolute atomic E-state index is 0.255. The average molecular weight is 265 g/mol. The van der Waals surface area contributed by atoms with Crippen molar-refractivity contribution in [1.29, 1.82) is 0 Å². The van der Waals surface area contributed by atoms with Crippen molar-refractivity contribution in [3.8, 4) is 0 Å². The van der Waals surface area contributed by atoms with Crippen molar-refractivity contribution in [3.05, 3.63) is 11.7 Å². The number of nitrogens with zero attached hydrogens (tertiary/aromatic N) is 2. The first-order chi connectivity index (χ1) is 9.16. The van der Waals surface area contributed by atoms with E-state index in [-0.39, 0.29) is 6.10 Å². The molecule has 0 aromatic carbocycles. The quantitative estimate of drug-likeness (QED) is 0.906. The molecule has 0 bridgehead atoms. The summed E-state index contributed by atoms with van der Waals surface area (Å²) in [6.07, 6.45) is 7.38. The van der Waals surface area contributed by atoms with Gasteiger partial charge in [-0.3, -0.25) is 0 Å². The Bertz CT molecular complexity index is 418. The summed E-state index contributed by atoms with van der Waals surface area (Å²) in [6.45, 7) is 3.13. The van der Waals surface area contributed by atoms with E-state index in [9.17, 15) is 0 Å². The van der Waals surface area contributed by atoms with Gasteiger partial charge in [-0.25, -0.2) is 0 Å². The summed E-state index contributed by atoms with van der Waals surface area (Å²) in [6, 6.07) is 0. The first kappa shape index (κ1) is 13.1. The molecule has 5 heteroatoms. The lowest BCUT2D eigenvalue weighted by Crippen LogP contribution is -2.40. The molecule has 2 heterocycles. The molecule has 2 N–H and O–H groups in total. The van der Waals surface area contributed by atoms with Gasteiger partial charge in [-0.2, -0.15) is 4.98 Å². The van der Waals surface area contributed by atoms with E-state index in [0.717, 1.165) is 63.3 Å². The molecule has 1 aromatic rings. The van der Waals surface area contributed by atoms with Gasteiger partial charge < -0.3 is 15.0 Å².